The van der Waals surface area contributed by atoms with Crippen molar-refractivity contribution in [3.8, 4) is 11.8 Å². The molecule has 1 amide bonds. The molecule has 0 radical (unpaired) electrons. The minimum atomic E-state index is -0.719. The molecule has 0 aliphatic heterocycles. The molecule has 1 unspecified atom stereocenters. The minimum absolute atomic E-state index is 0.237. The van der Waals surface area contributed by atoms with Crippen LogP contribution in [0.4, 0.5) is 0 Å². The van der Waals surface area contributed by atoms with Gasteiger partial charge in [0.1, 0.15) is 11.8 Å². The average Bonchev–Trinajstić information content (AvgIpc) is 2.44. The van der Waals surface area contributed by atoms with Gasteiger partial charge in [-0.3, -0.25) is 4.79 Å². The molecule has 0 heterocycles. The summed E-state index contributed by atoms with van der Waals surface area (Å²) in [7, 11) is 1.54. The van der Waals surface area contributed by atoms with Gasteiger partial charge in [0.25, 0.3) is 0 Å². The van der Waals surface area contributed by atoms with Gasteiger partial charge < -0.3 is 10.1 Å². The van der Waals surface area contributed by atoms with E-state index in [0.717, 1.165) is 6.42 Å². The summed E-state index contributed by atoms with van der Waals surface area (Å²) in [5.41, 5.74) is 1.27. The predicted octanol–water partition coefficient (Wildman–Crippen LogP) is 2.73. The molecule has 0 bridgehead atoms. The number of carbonyl (C=O) groups is 1. The standard InChI is InChI=1S/C15H18N2O2/c1-4-7-11(2)15(18)17-13(10-16)12-8-5-6-9-14(12)19-3/h5-9,13H,4H2,1-3H3,(H,17,18). The molecular formula is C15H18N2O2. The zero-order chi connectivity index (χ0) is 14.3. The van der Waals surface area contributed by atoms with E-state index in [2.05, 4.69) is 11.4 Å². The number of rotatable bonds is 5. The third-order valence-corrected chi connectivity index (χ3v) is 2.72. The maximum Gasteiger partial charge on any atom is 0.247 e. The van der Waals surface area contributed by atoms with Crippen molar-refractivity contribution in [2.75, 3.05) is 7.11 Å². The van der Waals surface area contributed by atoms with Crippen molar-refractivity contribution in [3.63, 3.8) is 0 Å². The number of benzene rings is 1. The number of nitriles is 1. The second kappa shape index (κ2) is 7.22. The van der Waals surface area contributed by atoms with Crippen LogP contribution in [0.3, 0.4) is 0 Å². The average molecular weight is 258 g/mol. The molecule has 0 spiro atoms. The van der Waals surface area contributed by atoms with E-state index >= 15 is 0 Å². The van der Waals surface area contributed by atoms with Crippen molar-refractivity contribution in [2.45, 2.75) is 26.3 Å². The quantitative estimate of drug-likeness (QED) is 0.826. The second-order valence-corrected chi connectivity index (χ2v) is 4.07. The lowest BCUT2D eigenvalue weighted by atomic mass is 10.1. The van der Waals surface area contributed by atoms with E-state index in [-0.39, 0.29) is 5.91 Å². The maximum atomic E-state index is 11.9. The van der Waals surface area contributed by atoms with Crippen molar-refractivity contribution in [3.05, 3.63) is 41.5 Å². The lowest BCUT2D eigenvalue weighted by molar-refractivity contribution is -0.117. The highest BCUT2D eigenvalue weighted by atomic mass is 16.5. The first-order valence-corrected chi connectivity index (χ1v) is 6.14. The molecule has 1 rings (SSSR count). The summed E-state index contributed by atoms with van der Waals surface area (Å²) in [5.74, 6) is 0.353. The number of amides is 1. The molecule has 4 heteroatoms. The highest BCUT2D eigenvalue weighted by Gasteiger charge is 2.18. The smallest absolute Gasteiger partial charge is 0.247 e. The third-order valence-electron chi connectivity index (χ3n) is 2.72. The van der Waals surface area contributed by atoms with E-state index < -0.39 is 6.04 Å². The van der Waals surface area contributed by atoms with Gasteiger partial charge in [-0.15, -0.1) is 0 Å². The Morgan fingerprint density at radius 2 is 2.21 bits per heavy atom. The van der Waals surface area contributed by atoms with Crippen LogP contribution in [0, 0.1) is 11.3 Å². The van der Waals surface area contributed by atoms with Gasteiger partial charge in [0.15, 0.2) is 0 Å². The van der Waals surface area contributed by atoms with E-state index in [9.17, 15) is 10.1 Å². The van der Waals surface area contributed by atoms with E-state index in [4.69, 9.17) is 4.74 Å². The molecule has 1 atom stereocenters. The number of nitrogens with zero attached hydrogens (tertiary/aromatic N) is 1. The zero-order valence-corrected chi connectivity index (χ0v) is 11.4. The number of methoxy groups -OCH3 is 1. The van der Waals surface area contributed by atoms with Crippen LogP contribution in [0.15, 0.2) is 35.9 Å². The van der Waals surface area contributed by atoms with Gasteiger partial charge in [0.05, 0.1) is 13.2 Å². The van der Waals surface area contributed by atoms with Crippen LogP contribution in [0.2, 0.25) is 0 Å². The molecule has 19 heavy (non-hydrogen) atoms. The van der Waals surface area contributed by atoms with Gasteiger partial charge in [-0.05, 0) is 19.4 Å². The van der Waals surface area contributed by atoms with Gasteiger partial charge in [0.2, 0.25) is 5.91 Å². The number of allylic oxidation sites excluding steroid dienone is 1. The first kappa shape index (κ1) is 14.8. The normalized spacial score (nSPS) is 12.4. The Morgan fingerprint density at radius 3 is 2.79 bits per heavy atom. The Morgan fingerprint density at radius 1 is 1.53 bits per heavy atom. The van der Waals surface area contributed by atoms with Gasteiger partial charge in [-0.2, -0.15) is 5.26 Å². The summed E-state index contributed by atoms with van der Waals surface area (Å²) in [6.07, 6.45) is 2.61. The van der Waals surface area contributed by atoms with Crippen LogP contribution >= 0.6 is 0 Å². The Balaban J connectivity index is 2.94. The van der Waals surface area contributed by atoms with Crippen LogP contribution in [-0.2, 0) is 4.79 Å². The van der Waals surface area contributed by atoms with Crippen molar-refractivity contribution in [1.29, 1.82) is 5.26 Å². The summed E-state index contributed by atoms with van der Waals surface area (Å²) in [4.78, 5) is 11.9. The minimum Gasteiger partial charge on any atom is -0.496 e. The molecule has 0 saturated carbocycles. The Kier molecular flexibility index (Phi) is 5.62. The van der Waals surface area contributed by atoms with Gasteiger partial charge in [-0.25, -0.2) is 0 Å². The monoisotopic (exact) mass is 258 g/mol. The van der Waals surface area contributed by atoms with E-state index in [1.165, 1.54) is 7.11 Å². The summed E-state index contributed by atoms with van der Waals surface area (Å²) >= 11 is 0. The maximum absolute atomic E-state index is 11.9. The SMILES string of the molecule is CCC=C(C)C(=O)NC(C#N)c1ccccc1OC. The number of hydrogen-bond donors (Lipinski definition) is 1. The molecule has 100 valence electrons. The zero-order valence-electron chi connectivity index (χ0n) is 11.4. The molecular weight excluding hydrogens is 240 g/mol. The van der Waals surface area contributed by atoms with Gasteiger partial charge in [-0.1, -0.05) is 31.2 Å². The first-order chi connectivity index (χ1) is 9.13. The summed E-state index contributed by atoms with van der Waals surface area (Å²) in [6.45, 7) is 3.69. The molecule has 1 aromatic carbocycles. The third kappa shape index (κ3) is 3.85. The molecule has 0 aliphatic rings. The van der Waals surface area contributed by atoms with E-state index in [1.807, 2.05) is 25.1 Å². The molecule has 0 fully saturated rings. The second-order valence-electron chi connectivity index (χ2n) is 4.07. The van der Waals surface area contributed by atoms with Crippen LogP contribution in [0.5, 0.6) is 5.75 Å². The summed E-state index contributed by atoms with van der Waals surface area (Å²) in [5, 5.41) is 11.9. The van der Waals surface area contributed by atoms with Crippen LogP contribution in [-0.4, -0.2) is 13.0 Å². The van der Waals surface area contributed by atoms with E-state index in [1.54, 1.807) is 19.1 Å². The molecule has 0 aliphatic carbocycles. The Bertz CT molecular complexity index is 515. The summed E-state index contributed by atoms with van der Waals surface area (Å²) in [6, 6.07) is 8.53. The summed E-state index contributed by atoms with van der Waals surface area (Å²) < 4.78 is 5.20. The molecule has 1 aromatic rings. The van der Waals surface area contributed by atoms with Crippen molar-refractivity contribution in [2.24, 2.45) is 0 Å². The van der Waals surface area contributed by atoms with Gasteiger partial charge >= 0.3 is 0 Å². The predicted molar refractivity (Wildman–Crippen MR) is 73.5 cm³/mol. The largest absolute Gasteiger partial charge is 0.496 e. The Hall–Kier alpha value is -2.28. The lowest BCUT2D eigenvalue weighted by Gasteiger charge is -2.15. The lowest BCUT2D eigenvalue weighted by Crippen LogP contribution is -2.28. The molecule has 0 aromatic heterocycles. The van der Waals surface area contributed by atoms with Crippen molar-refractivity contribution < 1.29 is 9.53 Å². The number of nitrogens with one attached hydrogen (secondary N) is 1. The van der Waals surface area contributed by atoms with Crippen molar-refractivity contribution in [1.82, 2.24) is 5.32 Å². The molecule has 1 N–H and O–H groups in total. The molecule has 0 saturated heterocycles. The Labute approximate surface area is 113 Å². The highest BCUT2D eigenvalue weighted by Crippen LogP contribution is 2.24. The topological polar surface area (TPSA) is 62.1 Å². The number of para-hydroxylation sites is 1. The van der Waals surface area contributed by atoms with Crippen molar-refractivity contribution >= 4 is 5.91 Å². The molecule has 4 nitrogen and oxygen atoms in total. The van der Waals surface area contributed by atoms with Gasteiger partial charge in [0, 0.05) is 11.1 Å². The number of ether oxygens (including phenoxy) is 1. The van der Waals surface area contributed by atoms with Crippen LogP contribution in [0.1, 0.15) is 31.9 Å². The number of carbonyl (C=O) groups excluding carboxylic acids is 1. The first-order valence-electron chi connectivity index (χ1n) is 6.14. The van der Waals surface area contributed by atoms with Crippen LogP contribution in [0.25, 0.3) is 0 Å². The number of hydrogen-bond acceptors (Lipinski definition) is 3. The fraction of sp³-hybridized carbons (Fsp3) is 0.333. The fourth-order valence-corrected chi connectivity index (χ4v) is 1.73. The highest BCUT2D eigenvalue weighted by molar-refractivity contribution is 5.93. The fourth-order valence-electron chi connectivity index (χ4n) is 1.73. The van der Waals surface area contributed by atoms with E-state index in [0.29, 0.717) is 16.9 Å². The van der Waals surface area contributed by atoms with Crippen LogP contribution < -0.4 is 10.1 Å².